The molecule has 1 N–H and O–H groups in total. The molecule has 1 fully saturated rings. The van der Waals surface area contributed by atoms with E-state index in [1.807, 2.05) is 4.90 Å². The van der Waals surface area contributed by atoms with Crippen LogP contribution in [0.3, 0.4) is 0 Å². The van der Waals surface area contributed by atoms with E-state index in [0.717, 1.165) is 0 Å². The highest BCUT2D eigenvalue weighted by Gasteiger charge is 2.11. The Morgan fingerprint density at radius 1 is 0.778 bits per heavy atom. The first-order chi connectivity index (χ1) is 8.93. The molecule has 0 aromatic carbocycles. The average molecular weight is 252 g/mol. The van der Waals surface area contributed by atoms with Crippen molar-refractivity contribution in [3.05, 3.63) is 6.57 Å². The second-order valence-electron chi connectivity index (χ2n) is 5.54. The van der Waals surface area contributed by atoms with Gasteiger partial charge in [0, 0.05) is 0 Å². The van der Waals surface area contributed by atoms with Gasteiger partial charge in [-0.25, -0.2) is 0 Å². The summed E-state index contributed by atoms with van der Waals surface area (Å²) in [5, 5.41) is 6.25. The number of rotatable bonds is 9. The highest BCUT2D eigenvalue weighted by Crippen LogP contribution is 2.07. The lowest BCUT2D eigenvalue weighted by atomic mass is 10.1. The van der Waals surface area contributed by atoms with E-state index >= 15 is 0 Å². The van der Waals surface area contributed by atoms with E-state index in [1.165, 1.54) is 90.3 Å². The fourth-order valence-corrected chi connectivity index (χ4v) is 2.81. The smallest absolute Gasteiger partial charge is 0.0770 e. The third-order valence-corrected chi connectivity index (χ3v) is 3.94. The molecule has 0 spiro atoms. The molecular weight excluding hydrogens is 220 g/mol. The summed E-state index contributed by atoms with van der Waals surface area (Å²) < 4.78 is 0. The standard InChI is InChI=1S/C15H31N.CN/c1-2-3-4-5-6-7-8-10-13-16-14-11-9-12-15-16;1-2/h2-15H2,1H3;/q;-1/p+1. The van der Waals surface area contributed by atoms with Gasteiger partial charge in [-0.05, 0) is 32.1 Å². The number of nitrogens with zero attached hydrogens (tertiary/aromatic N) is 1. The van der Waals surface area contributed by atoms with Gasteiger partial charge in [0.2, 0.25) is 0 Å². The summed E-state index contributed by atoms with van der Waals surface area (Å²) in [4.78, 5) is 1.89. The Morgan fingerprint density at radius 3 is 1.83 bits per heavy atom. The zero-order valence-corrected chi connectivity index (χ0v) is 12.3. The van der Waals surface area contributed by atoms with Crippen LogP contribution >= 0.6 is 0 Å². The number of nitrogens with one attached hydrogen (secondary N) is 1. The number of hydrogen-bond donors (Lipinski definition) is 1. The topological polar surface area (TPSA) is 28.2 Å². The molecule has 2 nitrogen and oxygen atoms in total. The molecule has 1 rings (SSSR count). The summed E-state index contributed by atoms with van der Waals surface area (Å²) >= 11 is 0. The minimum Gasteiger partial charge on any atom is -0.512 e. The van der Waals surface area contributed by atoms with Crippen LogP contribution in [-0.2, 0) is 0 Å². The zero-order chi connectivity index (χ0) is 13.5. The van der Waals surface area contributed by atoms with E-state index < -0.39 is 0 Å². The maximum Gasteiger partial charge on any atom is 0.0770 e. The molecule has 0 atom stereocenters. The van der Waals surface area contributed by atoms with Crippen molar-refractivity contribution >= 4 is 0 Å². The molecule has 0 aromatic rings. The SMILES string of the molecule is CCCCCCCCCC[NH+]1CCCCC1.[C-]#N. The molecule has 0 amide bonds. The Labute approximate surface area is 114 Å². The molecule has 18 heavy (non-hydrogen) atoms. The minimum atomic E-state index is 1.37. The van der Waals surface area contributed by atoms with Gasteiger partial charge in [-0.1, -0.05) is 45.4 Å². The predicted molar refractivity (Wildman–Crippen MR) is 77.0 cm³/mol. The lowest BCUT2D eigenvalue weighted by Gasteiger charge is -2.23. The van der Waals surface area contributed by atoms with E-state index in [0.29, 0.717) is 0 Å². The van der Waals surface area contributed by atoms with Crippen LogP contribution in [-0.4, -0.2) is 19.6 Å². The van der Waals surface area contributed by atoms with Crippen LogP contribution in [0.1, 0.15) is 77.6 Å². The van der Waals surface area contributed by atoms with Crippen molar-refractivity contribution in [2.45, 2.75) is 77.6 Å². The number of hydrogen-bond acceptors (Lipinski definition) is 1. The molecule has 1 aliphatic heterocycles. The van der Waals surface area contributed by atoms with Crippen molar-refractivity contribution in [1.82, 2.24) is 0 Å². The van der Waals surface area contributed by atoms with Gasteiger partial charge in [-0.2, -0.15) is 0 Å². The summed E-state index contributed by atoms with van der Waals surface area (Å²) in [5.41, 5.74) is 0. The van der Waals surface area contributed by atoms with Crippen molar-refractivity contribution in [2.24, 2.45) is 0 Å². The summed E-state index contributed by atoms with van der Waals surface area (Å²) in [7, 11) is 0. The number of unbranched alkanes of at least 4 members (excludes halogenated alkanes) is 7. The van der Waals surface area contributed by atoms with Gasteiger partial charge in [-0.15, -0.1) is 0 Å². The van der Waals surface area contributed by atoms with E-state index in [9.17, 15) is 0 Å². The third kappa shape index (κ3) is 10.6. The molecule has 0 aliphatic carbocycles. The van der Waals surface area contributed by atoms with Crippen molar-refractivity contribution < 1.29 is 4.90 Å². The molecule has 0 aromatic heterocycles. The van der Waals surface area contributed by atoms with Crippen molar-refractivity contribution in [3.8, 4) is 0 Å². The molecule has 1 aliphatic rings. The normalized spacial score (nSPS) is 15.9. The molecule has 106 valence electrons. The van der Waals surface area contributed by atoms with Gasteiger partial charge in [0.15, 0.2) is 0 Å². The summed E-state index contributed by atoms with van der Waals surface area (Å²) in [6.07, 6.45) is 16.1. The van der Waals surface area contributed by atoms with E-state index in [2.05, 4.69) is 6.92 Å². The van der Waals surface area contributed by atoms with E-state index in [1.54, 1.807) is 0 Å². The summed E-state index contributed by atoms with van der Waals surface area (Å²) in [6, 6.07) is 0. The minimum absolute atomic E-state index is 1.37. The number of piperidine rings is 1. The average Bonchev–Trinajstić information content (AvgIpc) is 2.45. The fraction of sp³-hybridized carbons (Fsp3) is 0.938. The Hall–Kier alpha value is -0.550. The molecule has 1 saturated heterocycles. The van der Waals surface area contributed by atoms with E-state index in [4.69, 9.17) is 11.8 Å². The fourth-order valence-electron chi connectivity index (χ4n) is 2.81. The van der Waals surface area contributed by atoms with Gasteiger partial charge in [-0.3, -0.25) is 0 Å². The quantitative estimate of drug-likeness (QED) is 0.495. The number of quaternary nitrogens is 1. The highest BCUT2D eigenvalue weighted by molar-refractivity contribution is 4.48. The van der Waals surface area contributed by atoms with Gasteiger partial charge < -0.3 is 16.7 Å². The first-order valence-corrected chi connectivity index (χ1v) is 7.99. The van der Waals surface area contributed by atoms with Crippen LogP contribution < -0.4 is 4.90 Å². The third-order valence-electron chi connectivity index (χ3n) is 3.94. The molecule has 0 radical (unpaired) electrons. The Balaban J connectivity index is 0.00000137. The van der Waals surface area contributed by atoms with Crippen molar-refractivity contribution in [1.29, 1.82) is 5.26 Å². The second kappa shape index (κ2) is 14.5. The summed E-state index contributed by atoms with van der Waals surface area (Å²) in [6.45, 7) is 11.4. The Bertz CT molecular complexity index is 171. The predicted octanol–water partition coefficient (Wildman–Crippen LogP) is 3.29. The van der Waals surface area contributed by atoms with Crippen molar-refractivity contribution in [2.75, 3.05) is 19.6 Å². The number of likely N-dealkylation sites (tertiary alicyclic amines) is 1. The molecule has 0 unspecified atom stereocenters. The molecule has 0 bridgehead atoms. The van der Waals surface area contributed by atoms with Gasteiger partial charge >= 0.3 is 0 Å². The molecule has 1 heterocycles. The molecule has 0 saturated carbocycles. The monoisotopic (exact) mass is 252 g/mol. The Morgan fingerprint density at radius 2 is 1.28 bits per heavy atom. The highest BCUT2D eigenvalue weighted by atomic mass is 15.1. The van der Waals surface area contributed by atoms with E-state index in [-0.39, 0.29) is 0 Å². The first kappa shape index (κ1) is 17.4. The van der Waals surface area contributed by atoms with Crippen molar-refractivity contribution in [3.63, 3.8) is 0 Å². The van der Waals surface area contributed by atoms with Crippen LogP contribution in [0.15, 0.2) is 0 Å². The van der Waals surface area contributed by atoms with Gasteiger partial charge in [0.25, 0.3) is 0 Å². The van der Waals surface area contributed by atoms with Crippen LogP contribution in [0.4, 0.5) is 0 Å². The summed E-state index contributed by atoms with van der Waals surface area (Å²) in [5.74, 6) is 0. The van der Waals surface area contributed by atoms with Crippen LogP contribution in [0.2, 0.25) is 0 Å². The molecule has 2 heteroatoms. The maximum absolute atomic E-state index is 6.25. The maximum atomic E-state index is 6.25. The van der Waals surface area contributed by atoms with Gasteiger partial charge in [0.1, 0.15) is 0 Å². The van der Waals surface area contributed by atoms with Crippen LogP contribution in [0.5, 0.6) is 0 Å². The molecular formula is C16H32N2. The second-order valence-corrected chi connectivity index (χ2v) is 5.54. The first-order valence-electron chi connectivity index (χ1n) is 7.99. The van der Waals surface area contributed by atoms with Crippen LogP contribution in [0, 0.1) is 11.8 Å². The lowest BCUT2D eigenvalue weighted by molar-refractivity contribution is -0.905. The largest absolute Gasteiger partial charge is 0.512 e. The van der Waals surface area contributed by atoms with Crippen LogP contribution in [0.25, 0.3) is 0 Å². The lowest BCUT2D eigenvalue weighted by Crippen LogP contribution is -3.12. The van der Waals surface area contributed by atoms with Gasteiger partial charge in [0.05, 0.1) is 19.6 Å². The zero-order valence-electron chi connectivity index (χ0n) is 12.3. The Kier molecular flexibility index (Phi) is 14.1.